The van der Waals surface area contributed by atoms with Crippen LogP contribution in [0.4, 0.5) is 4.79 Å². The van der Waals surface area contributed by atoms with Crippen LogP contribution >= 0.6 is 0 Å². The van der Waals surface area contributed by atoms with E-state index in [4.69, 9.17) is 4.74 Å². The minimum atomic E-state index is 0.111. The van der Waals surface area contributed by atoms with Gasteiger partial charge in [0.1, 0.15) is 0 Å². The number of rotatable bonds is 0. The zero-order chi connectivity index (χ0) is 9.42. The third-order valence-corrected chi connectivity index (χ3v) is 2.70. The summed E-state index contributed by atoms with van der Waals surface area (Å²) in [7, 11) is 3.58. The van der Waals surface area contributed by atoms with Crippen molar-refractivity contribution >= 4 is 6.03 Å². The summed E-state index contributed by atoms with van der Waals surface area (Å²) in [5.41, 5.74) is 0. The molecule has 0 saturated carbocycles. The number of ether oxygens (including phenoxy) is 1. The maximum atomic E-state index is 11.6. The van der Waals surface area contributed by atoms with Gasteiger partial charge in [-0.2, -0.15) is 0 Å². The van der Waals surface area contributed by atoms with Gasteiger partial charge in [-0.05, 0) is 12.8 Å². The average molecular weight is 184 g/mol. The van der Waals surface area contributed by atoms with E-state index in [1.807, 2.05) is 4.90 Å². The molecule has 0 N–H and O–H groups in total. The van der Waals surface area contributed by atoms with Crippen LogP contribution in [0.25, 0.3) is 0 Å². The van der Waals surface area contributed by atoms with Gasteiger partial charge in [-0.1, -0.05) is 0 Å². The highest BCUT2D eigenvalue weighted by atomic mass is 16.5. The lowest BCUT2D eigenvalue weighted by molar-refractivity contribution is -0.0270. The van der Waals surface area contributed by atoms with Crippen LogP contribution in [0.3, 0.4) is 0 Å². The van der Waals surface area contributed by atoms with Gasteiger partial charge in [0.2, 0.25) is 0 Å². The van der Waals surface area contributed by atoms with Crippen molar-refractivity contribution in [2.24, 2.45) is 0 Å². The van der Waals surface area contributed by atoms with Crippen molar-refractivity contribution in [2.45, 2.75) is 25.0 Å². The molecule has 13 heavy (non-hydrogen) atoms. The first-order valence-electron chi connectivity index (χ1n) is 4.78. The Kier molecular flexibility index (Phi) is 2.15. The molecule has 2 aliphatic heterocycles. The molecule has 2 fully saturated rings. The maximum Gasteiger partial charge on any atom is 0.319 e. The summed E-state index contributed by atoms with van der Waals surface area (Å²) in [6, 6.07) is 0.111. The normalized spacial score (nSPS) is 32.0. The average Bonchev–Trinajstić information content (AvgIpc) is 2.44. The second kappa shape index (κ2) is 3.18. The van der Waals surface area contributed by atoms with E-state index in [9.17, 15) is 4.79 Å². The summed E-state index contributed by atoms with van der Waals surface area (Å²) in [4.78, 5) is 15.1. The van der Waals surface area contributed by atoms with E-state index < -0.39 is 0 Å². The fourth-order valence-electron chi connectivity index (χ4n) is 2.05. The molecule has 4 nitrogen and oxygen atoms in total. The third kappa shape index (κ3) is 1.63. The van der Waals surface area contributed by atoms with Crippen LogP contribution in [0.15, 0.2) is 0 Å². The summed E-state index contributed by atoms with van der Waals surface area (Å²) >= 11 is 0. The second-order valence-corrected chi connectivity index (χ2v) is 4.04. The van der Waals surface area contributed by atoms with Crippen molar-refractivity contribution < 1.29 is 9.53 Å². The van der Waals surface area contributed by atoms with Crippen LogP contribution < -0.4 is 0 Å². The molecular weight excluding hydrogens is 168 g/mol. The Bertz CT molecular complexity index is 206. The SMILES string of the molecule is CN(C)C(=O)N1CC2CCC(C1)O2. The zero-order valence-corrected chi connectivity index (χ0v) is 8.19. The van der Waals surface area contributed by atoms with Crippen LogP contribution in [0.1, 0.15) is 12.8 Å². The molecule has 0 radical (unpaired) electrons. The van der Waals surface area contributed by atoms with Crippen molar-refractivity contribution in [3.8, 4) is 0 Å². The number of nitrogens with zero attached hydrogens (tertiary/aromatic N) is 2. The Morgan fingerprint density at radius 1 is 1.31 bits per heavy atom. The summed E-state index contributed by atoms with van der Waals surface area (Å²) in [6.45, 7) is 1.54. The number of carbonyl (C=O) groups is 1. The molecule has 2 unspecified atom stereocenters. The van der Waals surface area contributed by atoms with Crippen LogP contribution in [-0.4, -0.2) is 55.2 Å². The van der Waals surface area contributed by atoms with E-state index in [-0.39, 0.29) is 6.03 Å². The van der Waals surface area contributed by atoms with Crippen LogP contribution in [0, 0.1) is 0 Å². The Morgan fingerprint density at radius 2 is 1.85 bits per heavy atom. The smallest absolute Gasteiger partial charge is 0.319 e. The largest absolute Gasteiger partial charge is 0.371 e. The molecule has 2 bridgehead atoms. The number of urea groups is 1. The van der Waals surface area contributed by atoms with Gasteiger partial charge in [0.25, 0.3) is 0 Å². The molecule has 0 aliphatic carbocycles. The molecule has 2 rings (SSSR count). The lowest BCUT2D eigenvalue weighted by Crippen LogP contribution is -2.49. The van der Waals surface area contributed by atoms with Gasteiger partial charge >= 0.3 is 6.03 Å². The van der Waals surface area contributed by atoms with Gasteiger partial charge in [0.05, 0.1) is 12.2 Å². The first-order chi connectivity index (χ1) is 6.16. The van der Waals surface area contributed by atoms with Crippen LogP contribution in [0.5, 0.6) is 0 Å². The number of amides is 2. The van der Waals surface area contributed by atoms with Gasteiger partial charge in [-0.3, -0.25) is 0 Å². The van der Waals surface area contributed by atoms with E-state index in [0.29, 0.717) is 12.2 Å². The first-order valence-corrected chi connectivity index (χ1v) is 4.78. The van der Waals surface area contributed by atoms with Crippen LogP contribution in [-0.2, 0) is 4.74 Å². The predicted molar refractivity (Wildman–Crippen MR) is 48.6 cm³/mol. The fraction of sp³-hybridized carbons (Fsp3) is 0.889. The van der Waals surface area contributed by atoms with Crippen molar-refractivity contribution in [3.05, 3.63) is 0 Å². The summed E-state index contributed by atoms with van der Waals surface area (Å²) < 4.78 is 5.64. The maximum absolute atomic E-state index is 11.6. The Labute approximate surface area is 78.4 Å². The third-order valence-electron chi connectivity index (χ3n) is 2.70. The monoisotopic (exact) mass is 184 g/mol. The van der Waals surface area contributed by atoms with E-state index >= 15 is 0 Å². The fourth-order valence-corrected chi connectivity index (χ4v) is 2.05. The van der Waals surface area contributed by atoms with Crippen LogP contribution in [0.2, 0.25) is 0 Å². The van der Waals surface area contributed by atoms with E-state index in [0.717, 1.165) is 25.9 Å². The van der Waals surface area contributed by atoms with Gasteiger partial charge in [0, 0.05) is 27.2 Å². The predicted octanol–water partition coefficient (Wildman–Crippen LogP) is 0.531. The lowest BCUT2D eigenvalue weighted by atomic mass is 10.2. The Morgan fingerprint density at radius 3 is 2.31 bits per heavy atom. The zero-order valence-electron chi connectivity index (χ0n) is 8.19. The molecule has 0 spiro atoms. The van der Waals surface area contributed by atoms with Crippen molar-refractivity contribution in [3.63, 3.8) is 0 Å². The number of fused-ring (bicyclic) bond motifs is 2. The molecule has 2 heterocycles. The molecule has 2 amide bonds. The number of hydrogen-bond acceptors (Lipinski definition) is 2. The number of carbonyl (C=O) groups excluding carboxylic acids is 1. The number of morpholine rings is 1. The number of hydrogen-bond donors (Lipinski definition) is 0. The second-order valence-electron chi connectivity index (χ2n) is 4.04. The Balaban J connectivity index is 1.98. The molecule has 2 saturated heterocycles. The highest BCUT2D eigenvalue weighted by molar-refractivity contribution is 5.74. The minimum absolute atomic E-state index is 0.111. The summed E-state index contributed by atoms with van der Waals surface area (Å²) in [6.07, 6.45) is 2.81. The summed E-state index contributed by atoms with van der Waals surface area (Å²) in [5, 5.41) is 0. The standard InChI is InChI=1S/C9H16N2O2/c1-10(2)9(12)11-5-7-3-4-8(6-11)13-7/h7-8H,3-6H2,1-2H3. The molecular formula is C9H16N2O2. The molecule has 0 aromatic rings. The lowest BCUT2D eigenvalue weighted by Gasteiger charge is -2.33. The first kappa shape index (κ1) is 8.81. The van der Waals surface area contributed by atoms with Gasteiger partial charge in [-0.15, -0.1) is 0 Å². The van der Waals surface area contributed by atoms with Crippen molar-refractivity contribution in [2.75, 3.05) is 27.2 Å². The van der Waals surface area contributed by atoms with Gasteiger partial charge in [0.15, 0.2) is 0 Å². The van der Waals surface area contributed by atoms with E-state index in [1.54, 1.807) is 19.0 Å². The van der Waals surface area contributed by atoms with E-state index in [2.05, 4.69) is 0 Å². The summed E-state index contributed by atoms with van der Waals surface area (Å²) in [5.74, 6) is 0. The van der Waals surface area contributed by atoms with E-state index in [1.165, 1.54) is 0 Å². The van der Waals surface area contributed by atoms with Crippen molar-refractivity contribution in [1.82, 2.24) is 9.80 Å². The molecule has 74 valence electrons. The van der Waals surface area contributed by atoms with Gasteiger partial charge < -0.3 is 14.5 Å². The quantitative estimate of drug-likeness (QED) is 0.550. The molecule has 0 aromatic carbocycles. The molecule has 4 heteroatoms. The number of likely N-dealkylation sites (tertiary alicyclic amines) is 1. The molecule has 2 atom stereocenters. The van der Waals surface area contributed by atoms with Gasteiger partial charge in [-0.25, -0.2) is 4.79 Å². The topological polar surface area (TPSA) is 32.8 Å². The molecule has 0 aromatic heterocycles. The minimum Gasteiger partial charge on any atom is -0.371 e. The highest BCUT2D eigenvalue weighted by Gasteiger charge is 2.35. The highest BCUT2D eigenvalue weighted by Crippen LogP contribution is 2.26. The van der Waals surface area contributed by atoms with Crippen molar-refractivity contribution in [1.29, 1.82) is 0 Å². The molecule has 2 aliphatic rings. The Hall–Kier alpha value is -0.770.